The molecule has 0 aliphatic rings. The molecule has 96 valence electrons. The average Bonchev–Trinajstić information content (AvgIpc) is 2.34. The summed E-state index contributed by atoms with van der Waals surface area (Å²) < 4.78 is 0. The zero-order valence-electron chi connectivity index (χ0n) is 11.3. The molecule has 0 aromatic heterocycles. The van der Waals surface area contributed by atoms with E-state index in [0.29, 0.717) is 0 Å². The van der Waals surface area contributed by atoms with Crippen molar-refractivity contribution in [3.05, 3.63) is 73.4 Å². The van der Waals surface area contributed by atoms with Crippen LogP contribution in [-0.2, 0) is 4.79 Å². The van der Waals surface area contributed by atoms with Crippen LogP contribution >= 0.6 is 0 Å². The zero-order valence-corrected chi connectivity index (χ0v) is 11.3. The summed E-state index contributed by atoms with van der Waals surface area (Å²) in [5.74, 6) is 0.136. The molecule has 0 spiro atoms. The topological polar surface area (TPSA) is 17.1 Å². The number of hydrogen-bond acceptors (Lipinski definition) is 1. The fourth-order valence-corrected chi connectivity index (χ4v) is 1.17. The van der Waals surface area contributed by atoms with Gasteiger partial charge in [-0.05, 0) is 18.9 Å². The first-order chi connectivity index (χ1) is 8.61. The molecule has 1 heteroatoms. The highest BCUT2D eigenvalue weighted by molar-refractivity contribution is 5.79. The quantitative estimate of drug-likeness (QED) is 0.570. The molecule has 0 amide bonds. The third-order valence-corrected chi connectivity index (χ3v) is 2.42. The molecule has 0 fully saturated rings. The Kier molecular flexibility index (Phi) is 9.20. The summed E-state index contributed by atoms with van der Waals surface area (Å²) in [6.45, 7) is 10.8. The van der Waals surface area contributed by atoms with E-state index >= 15 is 0 Å². The lowest BCUT2D eigenvalue weighted by atomic mass is 10.0. The van der Waals surface area contributed by atoms with Crippen LogP contribution < -0.4 is 0 Å². The third kappa shape index (κ3) is 8.28. The van der Waals surface area contributed by atoms with E-state index in [0.717, 1.165) is 12.0 Å². The first-order valence-corrected chi connectivity index (χ1v) is 6.06. The van der Waals surface area contributed by atoms with Crippen molar-refractivity contribution < 1.29 is 4.79 Å². The second-order valence-electron chi connectivity index (χ2n) is 3.99. The van der Waals surface area contributed by atoms with Gasteiger partial charge in [0, 0.05) is 5.92 Å². The van der Waals surface area contributed by atoms with Gasteiger partial charge in [0.25, 0.3) is 0 Å². The molecule has 0 bridgehead atoms. The predicted octanol–water partition coefficient (Wildman–Crippen LogP) is 4.57. The summed E-state index contributed by atoms with van der Waals surface area (Å²) in [6.07, 6.45) is 18.0. The van der Waals surface area contributed by atoms with Gasteiger partial charge in [0.1, 0.15) is 5.78 Å². The smallest absolute Gasteiger partial charge is 0.136 e. The van der Waals surface area contributed by atoms with E-state index in [1.165, 1.54) is 0 Å². The number of hydrogen-bond donors (Lipinski definition) is 0. The Hall–Kier alpha value is -1.89. The minimum atomic E-state index is -0.0390. The van der Waals surface area contributed by atoms with Crippen LogP contribution in [0.25, 0.3) is 0 Å². The van der Waals surface area contributed by atoms with Crippen molar-refractivity contribution in [2.45, 2.75) is 20.3 Å². The van der Waals surface area contributed by atoms with E-state index in [1.807, 2.05) is 43.4 Å². The van der Waals surface area contributed by atoms with Gasteiger partial charge < -0.3 is 0 Å². The highest BCUT2D eigenvalue weighted by Crippen LogP contribution is 2.08. The maximum atomic E-state index is 11.1. The van der Waals surface area contributed by atoms with E-state index in [1.54, 1.807) is 19.1 Å². The average molecular weight is 242 g/mol. The van der Waals surface area contributed by atoms with Crippen molar-refractivity contribution >= 4 is 5.78 Å². The zero-order chi connectivity index (χ0) is 13.8. The van der Waals surface area contributed by atoms with Gasteiger partial charge >= 0.3 is 0 Å². The molecule has 1 atom stereocenters. The second kappa shape index (κ2) is 10.3. The summed E-state index contributed by atoms with van der Waals surface area (Å²) in [7, 11) is 0. The maximum absolute atomic E-state index is 11.1. The number of allylic oxidation sites excluding steroid dienone is 10. The van der Waals surface area contributed by atoms with Crippen molar-refractivity contribution in [1.82, 2.24) is 0 Å². The molecular formula is C17H22O. The minimum Gasteiger partial charge on any atom is -0.299 e. The second-order valence-corrected chi connectivity index (χ2v) is 3.99. The highest BCUT2D eigenvalue weighted by Gasteiger charge is 2.01. The molecule has 0 aromatic carbocycles. The Bertz CT molecular complexity index is 392. The Morgan fingerprint density at radius 1 is 1.17 bits per heavy atom. The molecule has 1 nitrogen and oxygen atoms in total. The predicted molar refractivity (Wildman–Crippen MR) is 80.4 cm³/mol. The molecule has 0 aromatic rings. The van der Waals surface area contributed by atoms with Crippen LogP contribution in [0.3, 0.4) is 0 Å². The molecule has 0 heterocycles. The van der Waals surface area contributed by atoms with Gasteiger partial charge in [0.05, 0.1) is 0 Å². The molecule has 1 unspecified atom stereocenters. The van der Waals surface area contributed by atoms with Gasteiger partial charge in [-0.3, -0.25) is 4.79 Å². The first kappa shape index (κ1) is 16.1. The molecule has 0 saturated carbocycles. The van der Waals surface area contributed by atoms with E-state index in [-0.39, 0.29) is 11.7 Å². The molecule has 18 heavy (non-hydrogen) atoms. The largest absolute Gasteiger partial charge is 0.299 e. The lowest BCUT2D eigenvalue weighted by Gasteiger charge is -2.00. The normalized spacial score (nSPS) is 14.4. The van der Waals surface area contributed by atoms with Crippen LogP contribution in [0.2, 0.25) is 0 Å². The number of rotatable bonds is 8. The van der Waals surface area contributed by atoms with Gasteiger partial charge in [-0.25, -0.2) is 0 Å². The fraction of sp³-hybridized carbons (Fsp3) is 0.235. The standard InChI is InChI=1S/C17H22O/c1-5-7-8-9-10-12-17(11-6-2)14-13-15(3)16(4)18/h5-11,13-15H,1-2,12H2,3-4H3/b8-7-,10-9-,14-13-,17-11-. The van der Waals surface area contributed by atoms with Crippen LogP contribution in [-0.4, -0.2) is 5.78 Å². The molecule has 0 N–H and O–H groups in total. The van der Waals surface area contributed by atoms with Gasteiger partial charge in [0.15, 0.2) is 0 Å². The maximum Gasteiger partial charge on any atom is 0.136 e. The van der Waals surface area contributed by atoms with Crippen LogP contribution in [0.1, 0.15) is 20.3 Å². The Morgan fingerprint density at radius 3 is 2.44 bits per heavy atom. The van der Waals surface area contributed by atoms with Crippen LogP contribution in [0.5, 0.6) is 0 Å². The molecule has 0 aliphatic carbocycles. The molecule has 0 saturated heterocycles. The summed E-state index contributed by atoms with van der Waals surface area (Å²) in [6, 6.07) is 0. The number of Topliss-reactive ketones (excluding diaryl/α,β-unsaturated/α-hetero) is 1. The SMILES string of the molecule is C=C/C=C\C=C/CC(/C=C\C(C)C(C)=O)=C/C=C. The number of ketones is 1. The Balaban J connectivity index is 4.50. The summed E-state index contributed by atoms with van der Waals surface area (Å²) in [5, 5.41) is 0. The number of carbonyl (C=O) groups is 1. The van der Waals surface area contributed by atoms with Gasteiger partial charge in [-0.15, -0.1) is 0 Å². The van der Waals surface area contributed by atoms with Crippen LogP contribution in [0.15, 0.2) is 73.4 Å². The minimum absolute atomic E-state index is 0.0390. The van der Waals surface area contributed by atoms with Gasteiger partial charge in [-0.2, -0.15) is 0 Å². The van der Waals surface area contributed by atoms with E-state index in [2.05, 4.69) is 19.2 Å². The highest BCUT2D eigenvalue weighted by atomic mass is 16.1. The monoisotopic (exact) mass is 242 g/mol. The van der Waals surface area contributed by atoms with Crippen molar-refractivity contribution in [2.75, 3.05) is 0 Å². The summed E-state index contributed by atoms with van der Waals surface area (Å²) >= 11 is 0. The van der Waals surface area contributed by atoms with Crippen LogP contribution in [0, 0.1) is 5.92 Å². The number of carbonyl (C=O) groups excluding carboxylic acids is 1. The van der Waals surface area contributed by atoms with Gasteiger partial charge in [0.2, 0.25) is 0 Å². The van der Waals surface area contributed by atoms with E-state index in [9.17, 15) is 4.79 Å². The molecular weight excluding hydrogens is 220 g/mol. The van der Waals surface area contributed by atoms with Crippen molar-refractivity contribution in [3.63, 3.8) is 0 Å². The van der Waals surface area contributed by atoms with Gasteiger partial charge in [-0.1, -0.05) is 74.8 Å². The van der Waals surface area contributed by atoms with Crippen molar-refractivity contribution in [2.24, 2.45) is 5.92 Å². The molecule has 0 radical (unpaired) electrons. The third-order valence-electron chi connectivity index (χ3n) is 2.42. The fourth-order valence-electron chi connectivity index (χ4n) is 1.17. The summed E-state index contributed by atoms with van der Waals surface area (Å²) in [4.78, 5) is 11.1. The first-order valence-electron chi connectivity index (χ1n) is 6.06. The van der Waals surface area contributed by atoms with E-state index in [4.69, 9.17) is 0 Å². The van der Waals surface area contributed by atoms with E-state index < -0.39 is 0 Å². The summed E-state index contributed by atoms with van der Waals surface area (Å²) in [5.41, 5.74) is 1.13. The Labute approximate surface area is 111 Å². The lowest BCUT2D eigenvalue weighted by Crippen LogP contribution is -2.01. The molecule has 0 aliphatic heterocycles. The molecule has 0 rings (SSSR count). The lowest BCUT2D eigenvalue weighted by molar-refractivity contribution is -0.118. The Morgan fingerprint density at radius 2 is 1.89 bits per heavy atom. The van der Waals surface area contributed by atoms with Crippen LogP contribution in [0.4, 0.5) is 0 Å². The van der Waals surface area contributed by atoms with Crippen molar-refractivity contribution in [1.29, 1.82) is 0 Å². The van der Waals surface area contributed by atoms with Crippen molar-refractivity contribution in [3.8, 4) is 0 Å².